The summed E-state index contributed by atoms with van der Waals surface area (Å²) in [4.78, 5) is 24.5. The number of carbonyl (C=O) groups is 2. The van der Waals surface area contributed by atoms with Crippen LogP contribution in [0.2, 0.25) is 5.02 Å². The molecule has 0 saturated heterocycles. The van der Waals surface area contributed by atoms with Crippen LogP contribution >= 0.6 is 11.6 Å². The number of nitrogens with zero attached hydrogens (tertiary/aromatic N) is 1. The van der Waals surface area contributed by atoms with E-state index in [1.165, 1.54) is 6.21 Å². The number of fused-ring (bicyclic) bond motifs is 1. The lowest BCUT2D eigenvalue weighted by atomic mass is 10.2. The van der Waals surface area contributed by atoms with Crippen molar-refractivity contribution in [2.24, 2.45) is 5.10 Å². The average molecular weight is 437 g/mol. The van der Waals surface area contributed by atoms with Gasteiger partial charge in [-0.05, 0) is 60.2 Å². The van der Waals surface area contributed by atoms with Gasteiger partial charge in [0.15, 0.2) is 11.5 Å². The van der Waals surface area contributed by atoms with Gasteiger partial charge in [0.1, 0.15) is 19.0 Å². The number of carbonyl (C=O) groups excluding carboxylic acids is 2. The second-order valence-corrected chi connectivity index (χ2v) is 6.90. The first-order valence-electron chi connectivity index (χ1n) is 9.40. The van der Waals surface area contributed by atoms with Crippen molar-refractivity contribution in [3.8, 4) is 17.2 Å². The monoisotopic (exact) mass is 436 g/mol. The maximum atomic E-state index is 12.3. The van der Waals surface area contributed by atoms with E-state index < -0.39 is 5.97 Å². The highest BCUT2D eigenvalue weighted by Gasteiger charge is 2.15. The zero-order valence-electron chi connectivity index (χ0n) is 16.2. The molecule has 3 aromatic carbocycles. The van der Waals surface area contributed by atoms with E-state index in [1.807, 2.05) is 0 Å². The molecule has 3 aromatic rings. The molecular formula is C23H17ClN2O5. The molecule has 1 aliphatic rings. The lowest BCUT2D eigenvalue weighted by molar-refractivity contribution is 0.0734. The van der Waals surface area contributed by atoms with Crippen LogP contribution in [0.5, 0.6) is 17.2 Å². The lowest BCUT2D eigenvalue weighted by Gasteiger charge is -2.18. The summed E-state index contributed by atoms with van der Waals surface area (Å²) >= 11 is 6.01. The normalized spacial score (nSPS) is 12.4. The van der Waals surface area contributed by atoms with Gasteiger partial charge in [-0.15, -0.1) is 0 Å². The molecule has 8 heteroatoms. The molecule has 0 unspecified atom stereocenters. The number of rotatable bonds is 5. The molecule has 1 N–H and O–H groups in total. The van der Waals surface area contributed by atoms with Gasteiger partial charge in [-0.1, -0.05) is 23.7 Å². The van der Waals surface area contributed by atoms with Gasteiger partial charge in [0.25, 0.3) is 5.91 Å². The van der Waals surface area contributed by atoms with Crippen LogP contribution in [0.3, 0.4) is 0 Å². The topological polar surface area (TPSA) is 86.2 Å². The minimum atomic E-state index is -0.543. The predicted molar refractivity (Wildman–Crippen MR) is 115 cm³/mol. The van der Waals surface area contributed by atoms with Crippen molar-refractivity contribution in [1.82, 2.24) is 5.43 Å². The first kappa shape index (κ1) is 20.4. The van der Waals surface area contributed by atoms with E-state index >= 15 is 0 Å². The van der Waals surface area contributed by atoms with E-state index in [9.17, 15) is 9.59 Å². The zero-order chi connectivity index (χ0) is 21.6. The maximum absolute atomic E-state index is 12.3. The van der Waals surface area contributed by atoms with Crippen molar-refractivity contribution in [3.63, 3.8) is 0 Å². The fourth-order valence-electron chi connectivity index (χ4n) is 2.83. The average Bonchev–Trinajstić information content (AvgIpc) is 2.80. The quantitative estimate of drug-likeness (QED) is 0.282. The maximum Gasteiger partial charge on any atom is 0.345 e. The molecule has 0 spiro atoms. The number of ether oxygens (including phenoxy) is 3. The Hall–Kier alpha value is -3.84. The van der Waals surface area contributed by atoms with Gasteiger partial charge in [-0.3, -0.25) is 4.79 Å². The predicted octanol–water partition coefficient (Wildman–Crippen LogP) is 4.09. The summed E-state index contributed by atoms with van der Waals surface area (Å²) in [5, 5.41) is 4.28. The summed E-state index contributed by atoms with van der Waals surface area (Å²) in [6.45, 7) is 0.931. The van der Waals surface area contributed by atoms with Crippen molar-refractivity contribution in [1.29, 1.82) is 0 Å². The van der Waals surface area contributed by atoms with E-state index in [0.29, 0.717) is 46.6 Å². The first-order valence-corrected chi connectivity index (χ1v) is 9.78. The third kappa shape index (κ3) is 5.02. The van der Waals surface area contributed by atoms with Gasteiger partial charge in [0.05, 0.1) is 16.8 Å². The number of hydrogen-bond acceptors (Lipinski definition) is 6. The highest BCUT2D eigenvalue weighted by Crippen LogP contribution is 2.30. The minimum absolute atomic E-state index is 0.289. The van der Waals surface area contributed by atoms with Gasteiger partial charge >= 0.3 is 5.97 Å². The van der Waals surface area contributed by atoms with Gasteiger partial charge in [0, 0.05) is 5.56 Å². The number of hydrogen-bond donors (Lipinski definition) is 1. The second kappa shape index (κ2) is 9.32. The number of benzene rings is 3. The Kier molecular flexibility index (Phi) is 6.14. The van der Waals surface area contributed by atoms with E-state index in [-0.39, 0.29) is 11.5 Å². The number of halogens is 1. The van der Waals surface area contributed by atoms with Crippen LogP contribution in [0.25, 0.3) is 0 Å². The smallest absolute Gasteiger partial charge is 0.345 e. The highest BCUT2D eigenvalue weighted by molar-refractivity contribution is 6.33. The fraction of sp³-hybridized carbons (Fsp3) is 0.0870. The number of hydrazone groups is 1. The molecule has 0 atom stereocenters. The molecule has 1 aliphatic heterocycles. The molecule has 156 valence electrons. The van der Waals surface area contributed by atoms with Crippen LogP contribution in [0, 0.1) is 0 Å². The third-order valence-corrected chi connectivity index (χ3v) is 4.70. The molecule has 31 heavy (non-hydrogen) atoms. The van der Waals surface area contributed by atoms with Crippen molar-refractivity contribution in [2.45, 2.75) is 0 Å². The largest absolute Gasteiger partial charge is 0.486 e. The van der Waals surface area contributed by atoms with Crippen LogP contribution in [0.4, 0.5) is 0 Å². The molecule has 1 heterocycles. The third-order valence-electron chi connectivity index (χ3n) is 4.37. The van der Waals surface area contributed by atoms with Crippen LogP contribution < -0.4 is 19.6 Å². The Labute approximate surface area is 183 Å². The van der Waals surface area contributed by atoms with Crippen LogP contribution in [0.1, 0.15) is 26.3 Å². The summed E-state index contributed by atoms with van der Waals surface area (Å²) in [5.74, 6) is 0.589. The first-order chi connectivity index (χ1) is 15.1. The Bertz CT molecular complexity index is 1140. The molecule has 0 radical (unpaired) electrons. The Morgan fingerprint density at radius 1 is 0.968 bits per heavy atom. The number of nitrogens with one attached hydrogen (secondary N) is 1. The molecule has 1 amide bonds. The summed E-state index contributed by atoms with van der Waals surface area (Å²) < 4.78 is 16.2. The number of amides is 1. The van der Waals surface area contributed by atoms with Crippen molar-refractivity contribution >= 4 is 29.7 Å². The molecule has 0 bridgehead atoms. The Morgan fingerprint density at radius 2 is 1.71 bits per heavy atom. The van der Waals surface area contributed by atoms with Gasteiger partial charge in [0.2, 0.25) is 0 Å². The van der Waals surface area contributed by atoms with E-state index in [1.54, 1.807) is 66.7 Å². The van der Waals surface area contributed by atoms with Crippen molar-refractivity contribution < 1.29 is 23.8 Å². The summed E-state index contributed by atoms with van der Waals surface area (Å²) in [7, 11) is 0. The van der Waals surface area contributed by atoms with Gasteiger partial charge in [-0.25, -0.2) is 10.2 Å². The molecule has 4 rings (SSSR count). The summed E-state index contributed by atoms with van der Waals surface area (Å²) in [6.07, 6.45) is 1.48. The second-order valence-electron chi connectivity index (χ2n) is 6.50. The van der Waals surface area contributed by atoms with Crippen molar-refractivity contribution in [3.05, 3.63) is 88.4 Å². The summed E-state index contributed by atoms with van der Waals surface area (Å²) in [6, 6.07) is 18.3. The highest BCUT2D eigenvalue weighted by atomic mass is 35.5. The zero-order valence-corrected chi connectivity index (χ0v) is 17.0. The minimum Gasteiger partial charge on any atom is -0.486 e. The molecule has 0 aliphatic carbocycles. The van der Waals surface area contributed by atoms with E-state index in [4.69, 9.17) is 25.8 Å². The van der Waals surface area contributed by atoms with E-state index in [0.717, 1.165) is 0 Å². The molecular weight excluding hydrogens is 420 g/mol. The SMILES string of the molecule is O=C(N/N=C\c1ccc(OC(=O)c2ccccc2Cl)cc1)c1ccc2c(c1)OCCO2. The lowest BCUT2D eigenvalue weighted by Crippen LogP contribution is -2.19. The van der Waals surface area contributed by atoms with Crippen molar-refractivity contribution in [2.75, 3.05) is 13.2 Å². The van der Waals surface area contributed by atoms with Crippen LogP contribution in [-0.4, -0.2) is 31.3 Å². The van der Waals surface area contributed by atoms with Gasteiger partial charge < -0.3 is 14.2 Å². The Balaban J connectivity index is 1.34. The van der Waals surface area contributed by atoms with Crippen LogP contribution in [0.15, 0.2) is 71.8 Å². The van der Waals surface area contributed by atoms with E-state index in [2.05, 4.69) is 10.5 Å². The molecule has 0 aromatic heterocycles. The fourth-order valence-corrected chi connectivity index (χ4v) is 3.04. The van der Waals surface area contributed by atoms with Gasteiger partial charge in [-0.2, -0.15) is 5.10 Å². The summed E-state index contributed by atoms with van der Waals surface area (Å²) in [5.41, 5.74) is 3.87. The van der Waals surface area contributed by atoms with Crippen LogP contribution in [-0.2, 0) is 0 Å². The Morgan fingerprint density at radius 3 is 2.48 bits per heavy atom. The molecule has 0 saturated carbocycles. The number of esters is 1. The molecule has 7 nitrogen and oxygen atoms in total. The standard InChI is InChI=1S/C23H17ClN2O5/c24-19-4-2-1-3-18(19)23(28)31-17-8-5-15(6-9-17)14-25-26-22(27)16-7-10-20-21(13-16)30-12-11-29-20/h1-10,13-14H,11-12H2,(H,26,27)/b25-14-. The molecule has 0 fully saturated rings.